The van der Waals surface area contributed by atoms with Gasteiger partial charge in [0.15, 0.2) is 6.17 Å². The summed E-state index contributed by atoms with van der Waals surface area (Å²) >= 11 is 6.15. The summed E-state index contributed by atoms with van der Waals surface area (Å²) in [5.41, 5.74) is 2.31. The van der Waals surface area contributed by atoms with Gasteiger partial charge in [-0.3, -0.25) is 0 Å². The van der Waals surface area contributed by atoms with E-state index in [0.29, 0.717) is 10.7 Å². The Hall–Kier alpha value is -3.18. The van der Waals surface area contributed by atoms with E-state index in [-0.39, 0.29) is 0 Å². The summed E-state index contributed by atoms with van der Waals surface area (Å²) in [6.45, 7) is 0. The number of methoxy groups -OCH3 is 1. The molecule has 1 heterocycles. The number of ether oxygens (including phenoxy) is 1. The maximum Gasteiger partial charge on any atom is 0.440 e. The van der Waals surface area contributed by atoms with Crippen molar-refractivity contribution in [2.24, 2.45) is 0 Å². The van der Waals surface area contributed by atoms with Gasteiger partial charge in [0.05, 0.1) is 18.5 Å². The number of hydrogen-bond donors (Lipinski definition) is 0. The van der Waals surface area contributed by atoms with Crippen LogP contribution in [0.2, 0.25) is 5.02 Å². The first kappa shape index (κ1) is 17.2. The van der Waals surface area contributed by atoms with Crippen LogP contribution in [0.1, 0.15) is 11.7 Å². The van der Waals surface area contributed by atoms with E-state index in [0.717, 1.165) is 17.0 Å². The van der Waals surface area contributed by atoms with Gasteiger partial charge < -0.3 is 9.57 Å². The zero-order chi connectivity index (χ0) is 18.8. The Balaban J connectivity index is 1.82. The van der Waals surface area contributed by atoms with E-state index in [4.69, 9.17) is 21.2 Å². The fraction of sp³-hybridized carbons (Fsp3) is 0.0952. The maximum atomic E-state index is 12.8. The van der Waals surface area contributed by atoms with Crippen molar-refractivity contribution in [3.05, 3.63) is 89.4 Å². The predicted molar refractivity (Wildman–Crippen MR) is 105 cm³/mol. The molecule has 0 aliphatic carbocycles. The third-order valence-electron chi connectivity index (χ3n) is 4.35. The van der Waals surface area contributed by atoms with Crippen LogP contribution >= 0.6 is 11.6 Å². The Kier molecular flexibility index (Phi) is 4.60. The van der Waals surface area contributed by atoms with Crippen LogP contribution in [0, 0.1) is 0 Å². The van der Waals surface area contributed by atoms with Crippen molar-refractivity contribution < 1.29 is 14.4 Å². The third-order valence-corrected chi connectivity index (χ3v) is 4.59. The second-order valence-corrected chi connectivity index (χ2v) is 6.45. The Morgan fingerprint density at radius 1 is 0.926 bits per heavy atom. The first-order valence-corrected chi connectivity index (χ1v) is 8.80. The van der Waals surface area contributed by atoms with E-state index in [1.807, 2.05) is 60.7 Å². The number of carbonyl (C=O) groups excluding carboxylic acids is 1. The number of rotatable bonds is 4. The van der Waals surface area contributed by atoms with Gasteiger partial charge in [0.2, 0.25) is 0 Å². The molecule has 0 bridgehead atoms. The molecule has 0 saturated carbocycles. The molecular formula is C21H17ClN2O3. The largest absolute Gasteiger partial charge is 0.497 e. The highest BCUT2D eigenvalue weighted by molar-refractivity contribution is 6.30. The summed E-state index contributed by atoms with van der Waals surface area (Å²) in [6.07, 6.45) is -0.953. The molecule has 0 N–H and O–H groups in total. The van der Waals surface area contributed by atoms with Gasteiger partial charge in [-0.1, -0.05) is 48.0 Å². The summed E-state index contributed by atoms with van der Waals surface area (Å²) in [5.74, 6) is 0.740. The molecule has 1 amide bonds. The van der Waals surface area contributed by atoms with Crippen LogP contribution in [-0.4, -0.2) is 13.2 Å². The van der Waals surface area contributed by atoms with Crippen LogP contribution in [0.4, 0.5) is 16.2 Å². The topological polar surface area (TPSA) is 42.0 Å². The number of carbonyl (C=O) groups is 1. The lowest BCUT2D eigenvalue weighted by Crippen LogP contribution is -2.31. The van der Waals surface area contributed by atoms with Crippen LogP contribution in [0.5, 0.6) is 5.75 Å². The average molecular weight is 381 g/mol. The summed E-state index contributed by atoms with van der Waals surface area (Å²) in [4.78, 5) is 20.0. The fourth-order valence-corrected chi connectivity index (χ4v) is 3.27. The summed E-state index contributed by atoms with van der Waals surface area (Å²) in [5, 5.41) is 2.15. The first-order valence-electron chi connectivity index (χ1n) is 8.42. The molecule has 136 valence electrons. The molecule has 27 heavy (non-hydrogen) atoms. The minimum Gasteiger partial charge on any atom is -0.497 e. The van der Waals surface area contributed by atoms with Crippen LogP contribution in [0.25, 0.3) is 0 Å². The van der Waals surface area contributed by atoms with Crippen molar-refractivity contribution in [3.8, 4) is 5.75 Å². The van der Waals surface area contributed by atoms with Crippen LogP contribution in [0.3, 0.4) is 0 Å². The van der Waals surface area contributed by atoms with Crippen molar-refractivity contribution in [3.63, 3.8) is 0 Å². The molecule has 0 unspecified atom stereocenters. The molecule has 1 aliphatic heterocycles. The molecule has 1 aliphatic rings. The number of anilines is 2. The highest BCUT2D eigenvalue weighted by Gasteiger charge is 2.42. The fourth-order valence-electron chi connectivity index (χ4n) is 3.08. The van der Waals surface area contributed by atoms with Crippen molar-refractivity contribution in [2.45, 2.75) is 6.17 Å². The van der Waals surface area contributed by atoms with E-state index < -0.39 is 12.3 Å². The van der Waals surface area contributed by atoms with Gasteiger partial charge in [0.25, 0.3) is 0 Å². The summed E-state index contributed by atoms with van der Waals surface area (Å²) in [6, 6.07) is 24.2. The molecule has 3 aromatic rings. The molecule has 1 fully saturated rings. The number of halogens is 1. The first-order chi connectivity index (χ1) is 13.2. The molecule has 1 saturated heterocycles. The van der Waals surface area contributed by atoms with E-state index in [2.05, 4.69) is 0 Å². The lowest BCUT2D eigenvalue weighted by molar-refractivity contribution is 0.164. The van der Waals surface area contributed by atoms with E-state index >= 15 is 0 Å². The predicted octanol–water partition coefficient (Wildman–Crippen LogP) is 5.43. The lowest BCUT2D eigenvalue weighted by Gasteiger charge is -2.27. The Labute approximate surface area is 162 Å². The molecule has 5 nitrogen and oxygen atoms in total. The van der Waals surface area contributed by atoms with Crippen molar-refractivity contribution >= 4 is 29.1 Å². The average Bonchev–Trinajstić information content (AvgIpc) is 3.06. The van der Waals surface area contributed by atoms with E-state index in [9.17, 15) is 4.79 Å². The standard InChI is InChI=1S/C21H17ClN2O3/c1-26-19-12-10-15(11-13-19)20-23(18-9-5-6-16(22)14-18)21(25)27-24(20)17-7-3-2-4-8-17/h2-14,20H,1H3/t20-/m1/s1. The van der Waals surface area contributed by atoms with Gasteiger partial charge in [-0.2, -0.15) is 5.06 Å². The SMILES string of the molecule is COc1ccc([C@H]2N(c3ccccc3)OC(=O)N2c2cccc(Cl)c2)cc1. The van der Waals surface area contributed by atoms with Crippen LogP contribution in [0.15, 0.2) is 78.9 Å². The Morgan fingerprint density at radius 3 is 2.30 bits per heavy atom. The van der Waals surface area contributed by atoms with E-state index in [1.54, 1.807) is 35.3 Å². The molecule has 0 radical (unpaired) electrons. The monoisotopic (exact) mass is 380 g/mol. The molecule has 3 aromatic carbocycles. The normalized spacial score (nSPS) is 16.4. The maximum absolute atomic E-state index is 12.8. The van der Waals surface area contributed by atoms with Crippen LogP contribution in [-0.2, 0) is 4.84 Å². The van der Waals surface area contributed by atoms with Gasteiger partial charge in [0.1, 0.15) is 5.75 Å². The van der Waals surface area contributed by atoms with Crippen molar-refractivity contribution in [2.75, 3.05) is 17.1 Å². The van der Waals surface area contributed by atoms with Gasteiger partial charge >= 0.3 is 6.09 Å². The number of amides is 1. The summed E-state index contributed by atoms with van der Waals surface area (Å²) < 4.78 is 5.25. The van der Waals surface area contributed by atoms with Gasteiger partial charge in [0, 0.05) is 5.02 Å². The highest BCUT2D eigenvalue weighted by atomic mass is 35.5. The molecule has 1 atom stereocenters. The molecule has 0 spiro atoms. The van der Waals surface area contributed by atoms with Crippen molar-refractivity contribution in [1.29, 1.82) is 0 Å². The highest BCUT2D eigenvalue weighted by Crippen LogP contribution is 2.40. The smallest absolute Gasteiger partial charge is 0.440 e. The molecular weight excluding hydrogens is 364 g/mol. The summed E-state index contributed by atoms with van der Waals surface area (Å²) in [7, 11) is 1.62. The lowest BCUT2D eigenvalue weighted by atomic mass is 10.1. The third kappa shape index (κ3) is 3.29. The zero-order valence-electron chi connectivity index (χ0n) is 14.6. The zero-order valence-corrected chi connectivity index (χ0v) is 15.3. The number of hydrogen-bond acceptors (Lipinski definition) is 4. The number of para-hydroxylation sites is 1. The molecule has 4 rings (SSSR count). The minimum absolute atomic E-state index is 0.470. The Bertz CT molecular complexity index is 947. The number of hydroxylamine groups is 1. The van der Waals surface area contributed by atoms with Crippen LogP contribution < -0.4 is 14.7 Å². The second-order valence-electron chi connectivity index (χ2n) is 6.02. The van der Waals surface area contributed by atoms with Gasteiger partial charge in [-0.05, 0) is 48.0 Å². The van der Waals surface area contributed by atoms with Gasteiger partial charge in [-0.25, -0.2) is 9.69 Å². The number of benzene rings is 3. The number of nitrogens with zero attached hydrogens (tertiary/aromatic N) is 2. The van der Waals surface area contributed by atoms with Gasteiger partial charge in [-0.15, -0.1) is 0 Å². The Morgan fingerprint density at radius 2 is 1.63 bits per heavy atom. The second kappa shape index (κ2) is 7.21. The minimum atomic E-state index is -0.482. The quantitative estimate of drug-likeness (QED) is 0.605. The van der Waals surface area contributed by atoms with Crippen molar-refractivity contribution in [1.82, 2.24) is 0 Å². The molecule has 0 aromatic heterocycles. The molecule has 6 heteroatoms. The van der Waals surface area contributed by atoms with E-state index in [1.165, 1.54) is 0 Å².